The van der Waals surface area contributed by atoms with E-state index in [0.29, 0.717) is 6.42 Å². The van der Waals surface area contributed by atoms with Crippen LogP contribution in [0.5, 0.6) is 0 Å². The van der Waals surface area contributed by atoms with Crippen LogP contribution < -0.4 is 0 Å². The zero-order valence-corrected chi connectivity index (χ0v) is 15.8. The second-order valence-corrected chi connectivity index (χ2v) is 7.53. The van der Waals surface area contributed by atoms with Crippen LogP contribution in [0.1, 0.15) is 45.4 Å². The lowest BCUT2D eigenvalue weighted by Gasteiger charge is -2.33. The summed E-state index contributed by atoms with van der Waals surface area (Å²) in [5, 5.41) is 0. The van der Waals surface area contributed by atoms with Crippen LogP contribution in [0.25, 0.3) is 0 Å². The molecule has 0 amide bonds. The van der Waals surface area contributed by atoms with Crippen LogP contribution in [0.3, 0.4) is 0 Å². The van der Waals surface area contributed by atoms with Gasteiger partial charge in [-0.3, -0.25) is 0 Å². The van der Waals surface area contributed by atoms with Crippen molar-refractivity contribution in [1.82, 2.24) is 0 Å². The van der Waals surface area contributed by atoms with E-state index in [-0.39, 0.29) is 19.8 Å². The minimum atomic E-state index is -2.59. The van der Waals surface area contributed by atoms with Crippen molar-refractivity contribution >= 4 is 25.8 Å². The average Bonchev–Trinajstić information content (AvgIpc) is 2.47. The van der Waals surface area contributed by atoms with Gasteiger partial charge in [-0.25, -0.2) is 0 Å². The Morgan fingerprint density at radius 2 is 1.04 bits per heavy atom. The van der Waals surface area contributed by atoms with E-state index in [1.807, 2.05) is 0 Å². The van der Waals surface area contributed by atoms with Crippen molar-refractivity contribution in [3.05, 3.63) is 0 Å². The predicted molar refractivity (Wildman–Crippen MR) is 87.7 cm³/mol. The van der Waals surface area contributed by atoms with Gasteiger partial charge in [0, 0.05) is 5.41 Å². The maximum absolute atomic E-state index is 8.94. The molecular formula is C11H27O9P3. The van der Waals surface area contributed by atoms with Crippen molar-refractivity contribution in [3.8, 4) is 0 Å². The molecule has 23 heavy (non-hydrogen) atoms. The van der Waals surface area contributed by atoms with Crippen LogP contribution in [-0.2, 0) is 13.6 Å². The lowest BCUT2D eigenvalue weighted by Crippen LogP contribution is -2.36. The second kappa shape index (κ2) is 14.1. The third-order valence-electron chi connectivity index (χ3n) is 3.27. The SMILES string of the molecule is CCCCCCCC(COP(O)O)(COP(O)O)COP(O)O. The van der Waals surface area contributed by atoms with Gasteiger partial charge in [-0.2, -0.15) is 0 Å². The topological polar surface area (TPSA) is 149 Å². The summed E-state index contributed by atoms with van der Waals surface area (Å²) in [5.41, 5.74) is -0.934. The second-order valence-electron chi connectivity index (χ2n) is 5.24. The molecule has 0 fully saturated rings. The van der Waals surface area contributed by atoms with E-state index >= 15 is 0 Å². The van der Waals surface area contributed by atoms with Gasteiger partial charge in [0.05, 0.1) is 19.8 Å². The molecule has 0 aliphatic heterocycles. The lowest BCUT2D eigenvalue weighted by molar-refractivity contribution is 0.0130. The van der Waals surface area contributed by atoms with Gasteiger partial charge in [0.2, 0.25) is 0 Å². The van der Waals surface area contributed by atoms with Crippen molar-refractivity contribution in [3.63, 3.8) is 0 Å². The Balaban J connectivity index is 4.72. The molecule has 0 aliphatic rings. The third-order valence-corrected chi connectivity index (χ3v) is 4.35. The largest absolute Gasteiger partial charge is 0.328 e. The quantitative estimate of drug-likeness (QED) is 0.181. The predicted octanol–water partition coefficient (Wildman–Crippen LogP) is 2.02. The summed E-state index contributed by atoms with van der Waals surface area (Å²) in [7, 11) is -7.78. The Kier molecular flexibility index (Phi) is 14.7. The molecule has 0 heterocycles. The van der Waals surface area contributed by atoms with Gasteiger partial charge in [0.1, 0.15) is 0 Å². The maximum atomic E-state index is 8.94. The molecular weight excluding hydrogens is 369 g/mol. The molecule has 0 saturated heterocycles. The monoisotopic (exact) mass is 396 g/mol. The van der Waals surface area contributed by atoms with Gasteiger partial charge in [0.25, 0.3) is 0 Å². The van der Waals surface area contributed by atoms with Crippen LogP contribution >= 0.6 is 25.8 Å². The molecule has 0 aromatic rings. The Morgan fingerprint density at radius 3 is 1.39 bits per heavy atom. The standard InChI is InChI=1S/C11H27O9P3/c1-2-3-4-5-6-7-11(8-18-21(12)13,9-19-22(14)15)10-20-23(16)17/h12-17H,2-10H2,1H3. The summed E-state index contributed by atoms with van der Waals surface area (Å²) in [5.74, 6) is 0. The Labute approximate surface area is 140 Å². The highest BCUT2D eigenvalue weighted by Crippen LogP contribution is 2.39. The molecule has 140 valence electrons. The van der Waals surface area contributed by atoms with E-state index < -0.39 is 31.2 Å². The number of unbranched alkanes of at least 4 members (excludes halogenated alkanes) is 4. The van der Waals surface area contributed by atoms with Gasteiger partial charge < -0.3 is 42.9 Å². The molecule has 6 N–H and O–H groups in total. The van der Waals surface area contributed by atoms with Gasteiger partial charge in [-0.05, 0) is 6.42 Å². The Hall–Kier alpha value is 0.930. The van der Waals surface area contributed by atoms with Crippen molar-refractivity contribution in [2.75, 3.05) is 19.8 Å². The Morgan fingerprint density at radius 1 is 0.652 bits per heavy atom. The molecule has 0 atom stereocenters. The van der Waals surface area contributed by atoms with Crippen molar-refractivity contribution in [2.45, 2.75) is 45.4 Å². The maximum Gasteiger partial charge on any atom is 0.327 e. The fourth-order valence-electron chi connectivity index (χ4n) is 2.03. The van der Waals surface area contributed by atoms with Crippen molar-refractivity contribution in [1.29, 1.82) is 0 Å². The number of rotatable bonds is 15. The minimum Gasteiger partial charge on any atom is -0.328 e. The summed E-state index contributed by atoms with van der Waals surface area (Å²) in [4.78, 5) is 53.6. The van der Waals surface area contributed by atoms with Gasteiger partial charge in [-0.1, -0.05) is 39.0 Å². The Bertz CT molecular complexity index is 250. The molecule has 0 radical (unpaired) electrons. The molecule has 0 bridgehead atoms. The molecule has 9 nitrogen and oxygen atoms in total. The molecule has 0 rings (SSSR count). The summed E-state index contributed by atoms with van der Waals surface area (Å²) >= 11 is 0. The number of hydrogen-bond donors (Lipinski definition) is 6. The average molecular weight is 396 g/mol. The van der Waals surface area contributed by atoms with Gasteiger partial charge in [0.15, 0.2) is 0 Å². The molecule has 0 aliphatic carbocycles. The first-order chi connectivity index (χ1) is 10.8. The summed E-state index contributed by atoms with van der Waals surface area (Å²) in [6.07, 6.45) is 5.41. The fourth-order valence-corrected chi connectivity index (χ4v) is 3.20. The smallest absolute Gasteiger partial charge is 0.327 e. The van der Waals surface area contributed by atoms with Crippen LogP contribution in [0, 0.1) is 5.41 Å². The number of hydrogen-bond acceptors (Lipinski definition) is 9. The molecule has 12 heteroatoms. The normalized spacial score (nSPS) is 12.8. The summed E-state index contributed by atoms with van der Waals surface area (Å²) < 4.78 is 14.6. The van der Waals surface area contributed by atoms with Crippen molar-refractivity contribution in [2.24, 2.45) is 5.41 Å². The van der Waals surface area contributed by atoms with E-state index in [9.17, 15) is 0 Å². The van der Waals surface area contributed by atoms with Crippen LogP contribution in [0.2, 0.25) is 0 Å². The van der Waals surface area contributed by atoms with E-state index in [1.54, 1.807) is 0 Å². The van der Waals surface area contributed by atoms with E-state index in [0.717, 1.165) is 32.1 Å². The van der Waals surface area contributed by atoms with Crippen LogP contribution in [0.4, 0.5) is 0 Å². The van der Waals surface area contributed by atoms with Gasteiger partial charge >= 0.3 is 25.8 Å². The fraction of sp³-hybridized carbons (Fsp3) is 1.00. The molecule has 0 spiro atoms. The first-order valence-corrected chi connectivity index (χ1v) is 10.7. The zero-order valence-electron chi connectivity index (χ0n) is 13.1. The summed E-state index contributed by atoms with van der Waals surface area (Å²) in [6.45, 7) is 1.57. The van der Waals surface area contributed by atoms with E-state index in [2.05, 4.69) is 6.92 Å². The summed E-state index contributed by atoms with van der Waals surface area (Å²) in [6, 6.07) is 0. The van der Waals surface area contributed by atoms with Crippen LogP contribution in [0.15, 0.2) is 0 Å². The molecule has 0 unspecified atom stereocenters. The first kappa shape index (κ1) is 23.9. The van der Waals surface area contributed by atoms with Crippen LogP contribution in [-0.4, -0.2) is 49.2 Å². The van der Waals surface area contributed by atoms with E-state index in [4.69, 9.17) is 42.9 Å². The molecule has 0 aromatic carbocycles. The highest BCUT2D eigenvalue weighted by Gasteiger charge is 2.34. The minimum absolute atomic E-state index is 0.175. The lowest BCUT2D eigenvalue weighted by atomic mass is 9.85. The molecule has 0 aromatic heterocycles. The van der Waals surface area contributed by atoms with Gasteiger partial charge in [-0.15, -0.1) is 0 Å². The molecule has 0 saturated carbocycles. The zero-order chi connectivity index (χ0) is 17.7. The van der Waals surface area contributed by atoms with Crippen molar-refractivity contribution < 1.29 is 42.9 Å². The third kappa shape index (κ3) is 13.9. The first-order valence-electron chi connectivity index (χ1n) is 7.24. The highest BCUT2D eigenvalue weighted by molar-refractivity contribution is 7.39. The van der Waals surface area contributed by atoms with E-state index in [1.165, 1.54) is 0 Å². The highest BCUT2D eigenvalue weighted by atomic mass is 31.2.